The molecule has 0 amide bonds. The molecule has 0 atom stereocenters. The van der Waals surface area contributed by atoms with Crippen molar-refractivity contribution in [3.05, 3.63) is 35.9 Å². The Morgan fingerprint density at radius 1 is 1.27 bits per heavy atom. The van der Waals surface area contributed by atoms with Gasteiger partial charge < -0.3 is 0 Å². The molecule has 0 spiro atoms. The average molecular weight is 203 g/mol. The molecule has 0 fully saturated rings. The van der Waals surface area contributed by atoms with E-state index in [4.69, 9.17) is 0 Å². The molecule has 0 heterocycles. The molecule has 15 heavy (non-hydrogen) atoms. The predicted molar refractivity (Wildman–Crippen MR) is 71.2 cm³/mol. The minimum atomic E-state index is 0.527. The molecule has 1 rings (SSSR count). The Morgan fingerprint density at radius 2 is 1.87 bits per heavy atom. The molecule has 1 aromatic rings. The molecule has 1 aromatic carbocycles. The van der Waals surface area contributed by atoms with Crippen molar-refractivity contribution < 1.29 is 0 Å². The van der Waals surface area contributed by atoms with E-state index in [0.717, 1.165) is 11.3 Å². The largest absolute Gasteiger partial charge is 0.264 e. The van der Waals surface area contributed by atoms with Crippen molar-refractivity contribution >= 4 is 18.5 Å². The van der Waals surface area contributed by atoms with Crippen LogP contribution in [-0.2, 0) is 0 Å². The second-order valence-corrected chi connectivity index (χ2v) is 3.34. The Labute approximate surface area is 93.6 Å². The summed E-state index contributed by atoms with van der Waals surface area (Å²) < 4.78 is 0. The highest BCUT2D eigenvalue weighted by Gasteiger charge is 2.02. The fourth-order valence-electron chi connectivity index (χ4n) is 1.23. The van der Waals surface area contributed by atoms with Gasteiger partial charge in [0.2, 0.25) is 0 Å². The van der Waals surface area contributed by atoms with Crippen LogP contribution in [0.4, 0.5) is 5.69 Å². The molecule has 0 aromatic heterocycles. The van der Waals surface area contributed by atoms with E-state index < -0.39 is 0 Å². The minimum absolute atomic E-state index is 0.527. The van der Waals surface area contributed by atoms with E-state index in [0.29, 0.717) is 5.92 Å². The summed E-state index contributed by atoms with van der Waals surface area (Å²) in [6.07, 6.45) is 1.80. The van der Waals surface area contributed by atoms with Crippen LogP contribution in [0.1, 0.15) is 44.7 Å². The molecule has 1 heteroatoms. The lowest BCUT2D eigenvalue weighted by molar-refractivity contribution is 0.866. The molecule has 0 bridgehead atoms. The third-order valence-corrected chi connectivity index (χ3v) is 2.11. The van der Waals surface area contributed by atoms with E-state index in [2.05, 4.69) is 44.3 Å². The van der Waals surface area contributed by atoms with Gasteiger partial charge in [0.25, 0.3) is 0 Å². The molecule has 0 saturated carbocycles. The number of aliphatic imine (C=N–C) groups is 1. The SMILES string of the molecule is C=Cc1ccc(C(C)C)cc1N=C.CC. The Hall–Kier alpha value is -1.37. The van der Waals surface area contributed by atoms with Crippen LogP contribution in [0.5, 0.6) is 0 Å². The van der Waals surface area contributed by atoms with Crippen molar-refractivity contribution in [2.75, 3.05) is 0 Å². The zero-order valence-electron chi connectivity index (χ0n) is 10.2. The van der Waals surface area contributed by atoms with E-state index in [1.807, 2.05) is 19.9 Å². The highest BCUT2D eigenvalue weighted by molar-refractivity contribution is 5.65. The molecule has 0 saturated heterocycles. The Morgan fingerprint density at radius 3 is 2.27 bits per heavy atom. The van der Waals surface area contributed by atoms with Gasteiger partial charge in [0.1, 0.15) is 0 Å². The second kappa shape index (κ2) is 6.99. The maximum atomic E-state index is 3.96. The van der Waals surface area contributed by atoms with E-state index in [1.54, 1.807) is 6.08 Å². The lowest BCUT2D eigenvalue weighted by Gasteiger charge is -2.07. The fourth-order valence-corrected chi connectivity index (χ4v) is 1.23. The Kier molecular flexibility index (Phi) is 6.35. The molecule has 0 unspecified atom stereocenters. The van der Waals surface area contributed by atoms with Crippen LogP contribution in [0.3, 0.4) is 0 Å². The first-order chi connectivity index (χ1) is 7.19. The zero-order chi connectivity index (χ0) is 11.8. The first kappa shape index (κ1) is 13.6. The summed E-state index contributed by atoms with van der Waals surface area (Å²) in [6.45, 7) is 15.6. The predicted octanol–water partition coefficient (Wildman–Crippen LogP) is 4.81. The summed E-state index contributed by atoms with van der Waals surface area (Å²) in [5, 5.41) is 0. The number of benzene rings is 1. The van der Waals surface area contributed by atoms with Crippen molar-refractivity contribution in [3.8, 4) is 0 Å². The summed E-state index contributed by atoms with van der Waals surface area (Å²) in [7, 11) is 0. The van der Waals surface area contributed by atoms with Crippen LogP contribution in [0.15, 0.2) is 29.8 Å². The van der Waals surface area contributed by atoms with Crippen molar-refractivity contribution in [2.45, 2.75) is 33.6 Å². The summed E-state index contributed by atoms with van der Waals surface area (Å²) >= 11 is 0. The van der Waals surface area contributed by atoms with Gasteiger partial charge in [-0.2, -0.15) is 0 Å². The van der Waals surface area contributed by atoms with Gasteiger partial charge in [-0.15, -0.1) is 0 Å². The average Bonchev–Trinajstić information content (AvgIpc) is 2.30. The monoisotopic (exact) mass is 203 g/mol. The van der Waals surface area contributed by atoms with E-state index in [1.165, 1.54) is 5.56 Å². The molecular formula is C14H21N. The van der Waals surface area contributed by atoms with Gasteiger partial charge in [0.15, 0.2) is 0 Å². The van der Waals surface area contributed by atoms with Gasteiger partial charge >= 0.3 is 0 Å². The summed E-state index contributed by atoms with van der Waals surface area (Å²) in [6, 6.07) is 6.21. The standard InChI is InChI=1S/C12H15N.C2H6/c1-5-10-6-7-11(9(2)3)8-12(10)13-4;1-2/h5-9H,1,4H2,2-3H3;1-2H3. The molecule has 0 radical (unpaired) electrons. The maximum absolute atomic E-state index is 3.96. The summed E-state index contributed by atoms with van der Waals surface area (Å²) in [4.78, 5) is 3.96. The number of rotatable bonds is 3. The molecule has 0 aliphatic heterocycles. The van der Waals surface area contributed by atoms with E-state index in [9.17, 15) is 0 Å². The topological polar surface area (TPSA) is 12.4 Å². The van der Waals surface area contributed by atoms with Gasteiger partial charge in [-0.25, -0.2) is 0 Å². The number of nitrogens with zero attached hydrogens (tertiary/aromatic N) is 1. The molecule has 0 aliphatic rings. The summed E-state index contributed by atoms with van der Waals surface area (Å²) in [5.41, 5.74) is 3.24. The minimum Gasteiger partial charge on any atom is -0.264 e. The first-order valence-corrected chi connectivity index (χ1v) is 5.42. The van der Waals surface area contributed by atoms with Crippen molar-refractivity contribution in [3.63, 3.8) is 0 Å². The van der Waals surface area contributed by atoms with Gasteiger partial charge in [0, 0.05) is 0 Å². The Bertz CT molecular complexity index is 324. The van der Waals surface area contributed by atoms with Gasteiger partial charge in [-0.05, 0) is 29.8 Å². The van der Waals surface area contributed by atoms with Crippen LogP contribution < -0.4 is 0 Å². The molecule has 0 N–H and O–H groups in total. The van der Waals surface area contributed by atoms with Crippen molar-refractivity contribution in [1.29, 1.82) is 0 Å². The van der Waals surface area contributed by atoms with Crippen LogP contribution in [0, 0.1) is 0 Å². The quantitative estimate of drug-likeness (QED) is 0.625. The highest BCUT2D eigenvalue weighted by atomic mass is 14.7. The molecule has 1 nitrogen and oxygen atoms in total. The van der Waals surface area contributed by atoms with Gasteiger partial charge in [-0.1, -0.05) is 52.5 Å². The van der Waals surface area contributed by atoms with Gasteiger partial charge in [0.05, 0.1) is 5.69 Å². The number of hydrogen-bond donors (Lipinski definition) is 0. The summed E-state index contributed by atoms with van der Waals surface area (Å²) in [5.74, 6) is 0.527. The van der Waals surface area contributed by atoms with Crippen LogP contribution in [0.2, 0.25) is 0 Å². The van der Waals surface area contributed by atoms with Crippen molar-refractivity contribution in [1.82, 2.24) is 0 Å². The lowest BCUT2D eigenvalue weighted by atomic mass is 10.0. The molecule has 0 aliphatic carbocycles. The van der Waals surface area contributed by atoms with Gasteiger partial charge in [-0.3, -0.25) is 4.99 Å². The third-order valence-electron chi connectivity index (χ3n) is 2.11. The Balaban J connectivity index is 0.000000921. The first-order valence-electron chi connectivity index (χ1n) is 5.42. The van der Waals surface area contributed by atoms with Crippen LogP contribution >= 0.6 is 0 Å². The third kappa shape index (κ3) is 3.70. The van der Waals surface area contributed by atoms with E-state index >= 15 is 0 Å². The maximum Gasteiger partial charge on any atom is 0.0697 e. The molecule has 82 valence electrons. The highest BCUT2D eigenvalue weighted by Crippen LogP contribution is 2.25. The fraction of sp³-hybridized carbons (Fsp3) is 0.357. The smallest absolute Gasteiger partial charge is 0.0697 e. The zero-order valence-corrected chi connectivity index (χ0v) is 10.2. The van der Waals surface area contributed by atoms with Crippen LogP contribution in [0.25, 0.3) is 6.08 Å². The molecular weight excluding hydrogens is 182 g/mol. The lowest BCUT2D eigenvalue weighted by Crippen LogP contribution is -1.87. The normalized spacial score (nSPS) is 9.13. The second-order valence-electron chi connectivity index (χ2n) is 3.34. The van der Waals surface area contributed by atoms with Crippen molar-refractivity contribution in [2.24, 2.45) is 4.99 Å². The van der Waals surface area contributed by atoms with Crippen LogP contribution in [-0.4, -0.2) is 6.72 Å². The number of hydrogen-bond acceptors (Lipinski definition) is 1. The van der Waals surface area contributed by atoms with E-state index in [-0.39, 0.29) is 0 Å².